The molecule has 0 spiro atoms. The molecule has 2 aliphatic rings. The van der Waals surface area contributed by atoms with Crippen LogP contribution in [0.1, 0.15) is 37.5 Å². The maximum Gasteiger partial charge on any atom is -0.000740 e. The lowest BCUT2D eigenvalue weighted by Gasteiger charge is -2.23. The lowest BCUT2D eigenvalue weighted by atomic mass is 9.80. The molecule has 0 heteroatoms. The van der Waals surface area contributed by atoms with Crippen molar-refractivity contribution in [3.8, 4) is 11.1 Å². The monoisotopic (exact) mass is 260 g/mol. The first-order valence-electron chi connectivity index (χ1n) is 7.44. The van der Waals surface area contributed by atoms with Crippen LogP contribution in [0.4, 0.5) is 0 Å². The van der Waals surface area contributed by atoms with E-state index in [0.29, 0.717) is 0 Å². The lowest BCUT2D eigenvalue weighted by molar-refractivity contribution is 1.24. The highest BCUT2D eigenvalue weighted by atomic mass is 14.3. The fourth-order valence-electron chi connectivity index (χ4n) is 3.15. The quantitative estimate of drug-likeness (QED) is 0.567. The van der Waals surface area contributed by atoms with Crippen LogP contribution in [0, 0.1) is 0 Å². The Labute approximate surface area is 121 Å². The van der Waals surface area contributed by atoms with E-state index in [9.17, 15) is 0 Å². The summed E-state index contributed by atoms with van der Waals surface area (Å²) in [6, 6.07) is 15.4. The molecule has 0 saturated heterocycles. The van der Waals surface area contributed by atoms with Crippen LogP contribution < -0.4 is 0 Å². The summed E-state index contributed by atoms with van der Waals surface area (Å²) in [5.74, 6) is 0. The van der Waals surface area contributed by atoms with Crippen LogP contribution >= 0.6 is 0 Å². The summed E-state index contributed by atoms with van der Waals surface area (Å²) in [4.78, 5) is 0. The van der Waals surface area contributed by atoms with E-state index in [0.717, 1.165) is 6.42 Å². The maximum absolute atomic E-state index is 2.29. The summed E-state index contributed by atoms with van der Waals surface area (Å²) in [6.45, 7) is 6.21. The Morgan fingerprint density at radius 1 is 0.700 bits per heavy atom. The zero-order chi connectivity index (χ0) is 14.1. The third-order valence-corrected chi connectivity index (χ3v) is 4.07. The number of benzene rings is 2. The van der Waals surface area contributed by atoms with Crippen LogP contribution in [0.3, 0.4) is 0 Å². The molecule has 2 aromatic rings. The van der Waals surface area contributed by atoms with Crippen molar-refractivity contribution in [2.75, 3.05) is 0 Å². The normalized spacial score (nSPS) is 14.2. The van der Waals surface area contributed by atoms with Crippen LogP contribution in [0.2, 0.25) is 0 Å². The number of rotatable bonds is 0. The molecule has 2 bridgehead atoms. The molecular formula is C20H20. The predicted molar refractivity (Wildman–Crippen MR) is 88.6 cm³/mol. The van der Waals surface area contributed by atoms with Crippen molar-refractivity contribution in [1.29, 1.82) is 0 Å². The first-order chi connectivity index (χ1) is 9.84. The third kappa shape index (κ3) is 1.84. The zero-order valence-corrected chi connectivity index (χ0v) is 12.4. The van der Waals surface area contributed by atoms with Crippen molar-refractivity contribution in [1.82, 2.24) is 0 Å². The Bertz CT molecular complexity index is 715. The number of allylic oxidation sites excluding steroid dienone is 4. The highest BCUT2D eigenvalue weighted by molar-refractivity contribution is 5.93. The molecule has 0 N–H and O–H groups in total. The van der Waals surface area contributed by atoms with E-state index < -0.39 is 0 Å². The molecule has 0 radical (unpaired) electrons. The summed E-state index contributed by atoms with van der Waals surface area (Å²) in [5.41, 5.74) is 9.91. The van der Waals surface area contributed by atoms with Gasteiger partial charge < -0.3 is 0 Å². The Hall–Kier alpha value is -2.08. The average Bonchev–Trinajstić information content (AvgIpc) is 2.68. The SMILES string of the molecule is CC.CC1=CC=C2Cc3c1cccc3-c1ccccc12. The fraction of sp³-hybridized carbons (Fsp3) is 0.200. The molecule has 0 unspecified atom stereocenters. The topological polar surface area (TPSA) is 0 Å². The third-order valence-electron chi connectivity index (χ3n) is 4.07. The molecule has 0 heterocycles. The van der Waals surface area contributed by atoms with Crippen molar-refractivity contribution in [3.05, 3.63) is 71.3 Å². The van der Waals surface area contributed by atoms with Crippen molar-refractivity contribution < 1.29 is 0 Å². The standard InChI is InChI=1S/C18H14.C2H6/c1-12-9-10-13-11-18-14(12)7-4-8-17(18)16-6-3-2-5-15(13)16;1-2/h2-10H,11H2,1H3;1-2H3. The van der Waals surface area contributed by atoms with E-state index in [-0.39, 0.29) is 0 Å². The van der Waals surface area contributed by atoms with Gasteiger partial charge in [-0.05, 0) is 52.3 Å². The minimum Gasteiger partial charge on any atom is -0.0683 e. The molecule has 100 valence electrons. The Morgan fingerprint density at radius 3 is 2.15 bits per heavy atom. The summed E-state index contributed by atoms with van der Waals surface area (Å²) in [6.07, 6.45) is 5.61. The van der Waals surface area contributed by atoms with Gasteiger partial charge in [-0.25, -0.2) is 0 Å². The number of hydrogen-bond donors (Lipinski definition) is 0. The molecule has 0 saturated carbocycles. The van der Waals surface area contributed by atoms with Crippen LogP contribution in [0.15, 0.2) is 54.6 Å². The molecule has 0 amide bonds. The second kappa shape index (κ2) is 5.13. The van der Waals surface area contributed by atoms with Gasteiger partial charge in [-0.3, -0.25) is 0 Å². The van der Waals surface area contributed by atoms with Gasteiger partial charge in [-0.2, -0.15) is 0 Å². The highest BCUT2D eigenvalue weighted by Gasteiger charge is 2.22. The molecule has 0 fully saturated rings. The van der Waals surface area contributed by atoms with Gasteiger partial charge in [0, 0.05) is 0 Å². The minimum atomic E-state index is 1.07. The molecule has 0 atom stereocenters. The van der Waals surface area contributed by atoms with E-state index >= 15 is 0 Å². The van der Waals surface area contributed by atoms with Gasteiger partial charge >= 0.3 is 0 Å². The summed E-state index contributed by atoms with van der Waals surface area (Å²) < 4.78 is 0. The Morgan fingerprint density at radius 2 is 1.35 bits per heavy atom. The molecule has 4 rings (SSSR count). The van der Waals surface area contributed by atoms with Crippen LogP contribution in [0.25, 0.3) is 22.3 Å². The first kappa shape index (κ1) is 12.9. The Kier molecular flexibility index (Phi) is 3.31. The Balaban J connectivity index is 0.000000581. The predicted octanol–water partition coefficient (Wildman–Crippen LogP) is 5.74. The molecule has 2 aliphatic carbocycles. The van der Waals surface area contributed by atoms with E-state index in [1.165, 1.54) is 39.0 Å². The maximum atomic E-state index is 2.29. The van der Waals surface area contributed by atoms with E-state index in [2.05, 4.69) is 61.5 Å². The molecule has 0 aliphatic heterocycles. The van der Waals surface area contributed by atoms with Crippen molar-refractivity contribution in [3.63, 3.8) is 0 Å². The van der Waals surface area contributed by atoms with Gasteiger partial charge in [0.15, 0.2) is 0 Å². The molecule has 0 nitrogen and oxygen atoms in total. The average molecular weight is 260 g/mol. The van der Waals surface area contributed by atoms with Gasteiger partial charge in [0.2, 0.25) is 0 Å². The van der Waals surface area contributed by atoms with E-state index in [1.54, 1.807) is 0 Å². The second-order valence-corrected chi connectivity index (χ2v) is 5.10. The van der Waals surface area contributed by atoms with Crippen molar-refractivity contribution in [2.45, 2.75) is 27.2 Å². The molecular weight excluding hydrogens is 240 g/mol. The lowest BCUT2D eigenvalue weighted by Crippen LogP contribution is -2.04. The number of fused-ring (bicyclic) bond motifs is 4. The van der Waals surface area contributed by atoms with Crippen LogP contribution in [-0.4, -0.2) is 0 Å². The summed E-state index contributed by atoms with van der Waals surface area (Å²) in [7, 11) is 0. The summed E-state index contributed by atoms with van der Waals surface area (Å²) in [5, 5.41) is 0. The summed E-state index contributed by atoms with van der Waals surface area (Å²) >= 11 is 0. The van der Waals surface area contributed by atoms with E-state index in [4.69, 9.17) is 0 Å². The highest BCUT2D eigenvalue weighted by Crippen LogP contribution is 2.43. The van der Waals surface area contributed by atoms with Gasteiger partial charge in [-0.1, -0.05) is 68.5 Å². The molecule has 20 heavy (non-hydrogen) atoms. The van der Waals surface area contributed by atoms with Crippen LogP contribution in [-0.2, 0) is 6.42 Å². The van der Waals surface area contributed by atoms with Gasteiger partial charge in [0.1, 0.15) is 0 Å². The smallest absolute Gasteiger partial charge is 0.000740 e. The number of hydrogen-bond acceptors (Lipinski definition) is 0. The largest absolute Gasteiger partial charge is 0.0683 e. The van der Waals surface area contributed by atoms with Crippen LogP contribution in [0.5, 0.6) is 0 Å². The fourth-order valence-corrected chi connectivity index (χ4v) is 3.15. The zero-order valence-electron chi connectivity index (χ0n) is 12.4. The van der Waals surface area contributed by atoms with Crippen molar-refractivity contribution >= 4 is 11.1 Å². The van der Waals surface area contributed by atoms with Gasteiger partial charge in [0.25, 0.3) is 0 Å². The van der Waals surface area contributed by atoms with Crippen molar-refractivity contribution in [2.24, 2.45) is 0 Å². The molecule has 2 aromatic carbocycles. The molecule has 0 aromatic heterocycles. The first-order valence-corrected chi connectivity index (χ1v) is 7.44. The second-order valence-electron chi connectivity index (χ2n) is 5.10. The van der Waals surface area contributed by atoms with E-state index in [1.807, 2.05) is 13.8 Å². The minimum absolute atomic E-state index is 1.07. The van der Waals surface area contributed by atoms with Gasteiger partial charge in [0.05, 0.1) is 0 Å². The van der Waals surface area contributed by atoms with Gasteiger partial charge in [-0.15, -0.1) is 0 Å².